The predicted octanol–water partition coefficient (Wildman–Crippen LogP) is 3.04. The van der Waals surface area contributed by atoms with Gasteiger partial charge in [-0.05, 0) is 5.56 Å². The first kappa shape index (κ1) is 14.3. The smallest absolute Gasteiger partial charge is 0.217 e. The predicted molar refractivity (Wildman–Crippen MR) is 83.8 cm³/mol. The topological polar surface area (TPSA) is 54.0 Å². The number of hydrogen-bond donors (Lipinski definition) is 2. The summed E-state index contributed by atoms with van der Waals surface area (Å²) in [5.41, 5.74) is 3.09. The average molecular weight is 287 g/mol. The maximum absolute atomic E-state index is 10.9. The number of thiazole rings is 1. The molecule has 5 heteroatoms. The summed E-state index contributed by atoms with van der Waals surface area (Å²) in [6.07, 6.45) is 1.80. The highest BCUT2D eigenvalue weighted by Gasteiger charge is 2.04. The lowest BCUT2D eigenvalue weighted by molar-refractivity contribution is -0.119. The standard InChI is InChI=1S/C15H17N3OS/c1-3-8-16-15-18-14(10-20-15)13-6-4-12(5-7-13)9-17-11(2)19/h3-7,10H,1,8-9H2,2H3,(H,16,18)(H,17,19). The van der Waals surface area contributed by atoms with Crippen LogP contribution in [-0.4, -0.2) is 17.4 Å². The summed E-state index contributed by atoms with van der Waals surface area (Å²) in [5.74, 6) is -0.0217. The van der Waals surface area contributed by atoms with Crippen molar-refractivity contribution in [2.24, 2.45) is 0 Å². The van der Waals surface area contributed by atoms with Crippen LogP contribution in [0.1, 0.15) is 12.5 Å². The molecule has 20 heavy (non-hydrogen) atoms. The molecule has 0 aliphatic heterocycles. The number of carbonyl (C=O) groups excluding carboxylic acids is 1. The molecule has 4 nitrogen and oxygen atoms in total. The highest BCUT2D eigenvalue weighted by Crippen LogP contribution is 2.25. The second kappa shape index (κ2) is 6.86. The highest BCUT2D eigenvalue weighted by molar-refractivity contribution is 7.14. The number of anilines is 1. The summed E-state index contributed by atoms with van der Waals surface area (Å²) in [7, 11) is 0. The quantitative estimate of drug-likeness (QED) is 0.803. The zero-order valence-electron chi connectivity index (χ0n) is 11.3. The van der Waals surface area contributed by atoms with Gasteiger partial charge < -0.3 is 10.6 Å². The van der Waals surface area contributed by atoms with Crippen molar-refractivity contribution >= 4 is 22.4 Å². The number of nitrogens with one attached hydrogen (secondary N) is 2. The van der Waals surface area contributed by atoms with Gasteiger partial charge in [-0.2, -0.15) is 0 Å². The van der Waals surface area contributed by atoms with Crippen molar-refractivity contribution in [1.29, 1.82) is 0 Å². The highest BCUT2D eigenvalue weighted by atomic mass is 32.1. The van der Waals surface area contributed by atoms with E-state index in [4.69, 9.17) is 0 Å². The molecule has 0 bridgehead atoms. The lowest BCUT2D eigenvalue weighted by Crippen LogP contribution is -2.18. The fourth-order valence-corrected chi connectivity index (χ4v) is 2.40. The number of aromatic nitrogens is 1. The van der Waals surface area contributed by atoms with Gasteiger partial charge >= 0.3 is 0 Å². The first-order valence-electron chi connectivity index (χ1n) is 6.33. The van der Waals surface area contributed by atoms with E-state index in [1.807, 2.05) is 29.6 Å². The van der Waals surface area contributed by atoms with Crippen molar-refractivity contribution in [2.45, 2.75) is 13.5 Å². The third-order valence-corrected chi connectivity index (χ3v) is 3.49. The Labute approximate surface area is 122 Å². The molecule has 0 radical (unpaired) electrons. The first-order valence-corrected chi connectivity index (χ1v) is 7.21. The summed E-state index contributed by atoms with van der Waals surface area (Å²) in [5, 5.41) is 8.86. The molecule has 1 aromatic heterocycles. The minimum absolute atomic E-state index is 0.0217. The molecule has 0 atom stereocenters. The zero-order chi connectivity index (χ0) is 14.4. The number of hydrogen-bond acceptors (Lipinski definition) is 4. The lowest BCUT2D eigenvalue weighted by atomic mass is 10.1. The van der Waals surface area contributed by atoms with E-state index < -0.39 is 0 Å². The molecule has 1 amide bonds. The van der Waals surface area contributed by atoms with Crippen molar-refractivity contribution < 1.29 is 4.79 Å². The second-order valence-electron chi connectivity index (χ2n) is 4.31. The van der Waals surface area contributed by atoms with Gasteiger partial charge in [0, 0.05) is 31.0 Å². The van der Waals surface area contributed by atoms with E-state index >= 15 is 0 Å². The van der Waals surface area contributed by atoms with Crippen molar-refractivity contribution in [1.82, 2.24) is 10.3 Å². The van der Waals surface area contributed by atoms with E-state index in [9.17, 15) is 4.79 Å². The van der Waals surface area contributed by atoms with Gasteiger partial charge in [-0.25, -0.2) is 4.98 Å². The van der Waals surface area contributed by atoms with Gasteiger partial charge in [0.25, 0.3) is 0 Å². The van der Waals surface area contributed by atoms with Crippen LogP contribution >= 0.6 is 11.3 Å². The maximum Gasteiger partial charge on any atom is 0.217 e. The Kier molecular flexibility index (Phi) is 4.90. The van der Waals surface area contributed by atoms with E-state index in [1.54, 1.807) is 17.4 Å². The number of carbonyl (C=O) groups is 1. The van der Waals surface area contributed by atoms with Crippen LogP contribution in [0.15, 0.2) is 42.3 Å². The van der Waals surface area contributed by atoms with Gasteiger partial charge in [-0.15, -0.1) is 17.9 Å². The van der Waals surface area contributed by atoms with Gasteiger partial charge in [-0.3, -0.25) is 4.79 Å². The monoisotopic (exact) mass is 287 g/mol. The van der Waals surface area contributed by atoms with E-state index in [-0.39, 0.29) is 5.91 Å². The molecular formula is C15H17N3OS. The molecule has 2 aromatic rings. The molecule has 2 rings (SSSR count). The number of amides is 1. The first-order chi connectivity index (χ1) is 9.69. The largest absolute Gasteiger partial charge is 0.358 e. The van der Waals surface area contributed by atoms with E-state index in [0.717, 1.165) is 22.0 Å². The number of benzene rings is 1. The molecule has 0 saturated heterocycles. The third-order valence-electron chi connectivity index (χ3n) is 2.69. The fourth-order valence-electron chi connectivity index (χ4n) is 1.67. The molecule has 0 unspecified atom stereocenters. The summed E-state index contributed by atoms with van der Waals surface area (Å²) < 4.78 is 0. The number of rotatable bonds is 6. The summed E-state index contributed by atoms with van der Waals surface area (Å²) in [6, 6.07) is 8.04. The summed E-state index contributed by atoms with van der Waals surface area (Å²) >= 11 is 1.58. The van der Waals surface area contributed by atoms with Crippen molar-refractivity contribution in [2.75, 3.05) is 11.9 Å². The van der Waals surface area contributed by atoms with Crippen molar-refractivity contribution in [3.63, 3.8) is 0 Å². The van der Waals surface area contributed by atoms with Crippen LogP contribution in [-0.2, 0) is 11.3 Å². The Morgan fingerprint density at radius 2 is 2.15 bits per heavy atom. The van der Waals surface area contributed by atoms with Crippen LogP contribution in [0, 0.1) is 0 Å². The third kappa shape index (κ3) is 3.93. The Morgan fingerprint density at radius 1 is 1.40 bits per heavy atom. The van der Waals surface area contributed by atoms with Gasteiger partial charge in [0.1, 0.15) is 0 Å². The van der Waals surface area contributed by atoms with Crippen molar-refractivity contribution in [3.8, 4) is 11.3 Å². The van der Waals surface area contributed by atoms with Crippen LogP contribution in [0.2, 0.25) is 0 Å². The van der Waals surface area contributed by atoms with Gasteiger partial charge in [0.2, 0.25) is 5.91 Å². The molecule has 0 aliphatic carbocycles. The van der Waals surface area contributed by atoms with Crippen LogP contribution < -0.4 is 10.6 Å². The molecule has 1 heterocycles. The van der Waals surface area contributed by atoms with Gasteiger partial charge in [0.05, 0.1) is 5.69 Å². The molecule has 0 aliphatic rings. The van der Waals surface area contributed by atoms with Crippen LogP contribution in [0.25, 0.3) is 11.3 Å². The molecule has 104 valence electrons. The molecule has 1 aromatic carbocycles. The SMILES string of the molecule is C=CCNc1nc(-c2ccc(CNC(C)=O)cc2)cs1. The fraction of sp³-hybridized carbons (Fsp3) is 0.200. The van der Waals surface area contributed by atoms with E-state index in [2.05, 4.69) is 22.2 Å². The molecule has 2 N–H and O–H groups in total. The van der Waals surface area contributed by atoms with Crippen LogP contribution in [0.5, 0.6) is 0 Å². The van der Waals surface area contributed by atoms with Crippen molar-refractivity contribution in [3.05, 3.63) is 47.9 Å². The molecule has 0 fully saturated rings. The lowest BCUT2D eigenvalue weighted by Gasteiger charge is -2.03. The Balaban J connectivity index is 2.03. The van der Waals surface area contributed by atoms with Gasteiger partial charge in [0.15, 0.2) is 5.13 Å². The summed E-state index contributed by atoms with van der Waals surface area (Å²) in [6.45, 7) is 6.45. The Hall–Kier alpha value is -2.14. The normalized spacial score (nSPS) is 10.1. The molecule has 0 spiro atoms. The van der Waals surface area contributed by atoms with E-state index in [1.165, 1.54) is 6.92 Å². The van der Waals surface area contributed by atoms with Crippen LogP contribution in [0.4, 0.5) is 5.13 Å². The Morgan fingerprint density at radius 3 is 2.80 bits per heavy atom. The van der Waals surface area contributed by atoms with Crippen LogP contribution in [0.3, 0.4) is 0 Å². The van der Waals surface area contributed by atoms with E-state index in [0.29, 0.717) is 13.1 Å². The number of nitrogens with zero attached hydrogens (tertiary/aromatic N) is 1. The summed E-state index contributed by atoms with van der Waals surface area (Å²) in [4.78, 5) is 15.4. The maximum atomic E-state index is 10.9. The second-order valence-corrected chi connectivity index (χ2v) is 5.17. The minimum atomic E-state index is -0.0217. The minimum Gasteiger partial charge on any atom is -0.358 e. The molecule has 0 saturated carbocycles. The zero-order valence-corrected chi connectivity index (χ0v) is 12.2. The molecular weight excluding hydrogens is 270 g/mol. The Bertz CT molecular complexity index is 589. The van der Waals surface area contributed by atoms with Gasteiger partial charge in [-0.1, -0.05) is 30.3 Å². The average Bonchev–Trinajstić information content (AvgIpc) is 2.92.